The van der Waals surface area contributed by atoms with Crippen LogP contribution in [0.4, 0.5) is 5.82 Å². The largest absolute Gasteiger partial charge is 0.508 e. The zero-order valence-corrected chi connectivity index (χ0v) is 11.0. The Balaban J connectivity index is 2.19. The van der Waals surface area contributed by atoms with Crippen molar-refractivity contribution in [2.24, 2.45) is 5.73 Å². The molecule has 1 aromatic carbocycles. The predicted molar refractivity (Wildman–Crippen MR) is 77.9 cm³/mol. The van der Waals surface area contributed by atoms with E-state index in [9.17, 15) is 15.0 Å². The van der Waals surface area contributed by atoms with E-state index in [0.717, 1.165) is 6.07 Å². The molecule has 1 amide bonds. The quantitative estimate of drug-likeness (QED) is 0.616. The first-order valence-corrected chi connectivity index (χ1v) is 6.09. The number of aromatic hydroxyl groups is 2. The van der Waals surface area contributed by atoms with Gasteiger partial charge in [-0.3, -0.25) is 4.79 Å². The lowest BCUT2D eigenvalue weighted by molar-refractivity contribution is 0.102. The Labute approximate surface area is 121 Å². The van der Waals surface area contributed by atoms with Gasteiger partial charge in [-0.05, 0) is 30.2 Å². The molecule has 0 aliphatic rings. The van der Waals surface area contributed by atoms with Crippen molar-refractivity contribution < 1.29 is 15.0 Å². The molecule has 0 saturated carbocycles. The van der Waals surface area contributed by atoms with Crippen LogP contribution in [0.15, 0.2) is 36.4 Å². The molecule has 0 radical (unpaired) electrons. The van der Waals surface area contributed by atoms with Crippen LogP contribution in [0.1, 0.15) is 16.1 Å². The van der Waals surface area contributed by atoms with Crippen molar-refractivity contribution in [2.75, 3.05) is 11.9 Å². The molecule has 1 aromatic heterocycles. The normalized spacial score (nSPS) is 9.57. The van der Waals surface area contributed by atoms with Gasteiger partial charge in [-0.15, -0.1) is 0 Å². The third-order valence-electron chi connectivity index (χ3n) is 2.47. The summed E-state index contributed by atoms with van der Waals surface area (Å²) in [5, 5.41) is 21.3. The first kappa shape index (κ1) is 14.4. The summed E-state index contributed by atoms with van der Waals surface area (Å²) in [4.78, 5) is 16.1. The van der Waals surface area contributed by atoms with E-state index in [2.05, 4.69) is 22.1 Å². The van der Waals surface area contributed by atoms with Crippen LogP contribution in [-0.2, 0) is 0 Å². The smallest absolute Gasteiger partial charge is 0.257 e. The van der Waals surface area contributed by atoms with E-state index in [4.69, 9.17) is 5.73 Å². The second-order valence-corrected chi connectivity index (χ2v) is 4.11. The maximum absolute atomic E-state index is 12.0. The molecule has 106 valence electrons. The van der Waals surface area contributed by atoms with E-state index in [1.807, 2.05) is 0 Å². The van der Waals surface area contributed by atoms with Gasteiger partial charge in [-0.2, -0.15) is 0 Å². The number of pyridine rings is 1. The van der Waals surface area contributed by atoms with Gasteiger partial charge >= 0.3 is 0 Å². The second kappa shape index (κ2) is 6.41. The molecule has 6 heteroatoms. The zero-order chi connectivity index (χ0) is 15.2. The van der Waals surface area contributed by atoms with Crippen molar-refractivity contribution >= 4 is 11.7 Å². The number of nitrogens with one attached hydrogen (secondary N) is 1. The molecule has 0 bridgehead atoms. The number of carbonyl (C=O) groups is 1. The van der Waals surface area contributed by atoms with Crippen molar-refractivity contribution in [2.45, 2.75) is 0 Å². The van der Waals surface area contributed by atoms with E-state index >= 15 is 0 Å². The summed E-state index contributed by atoms with van der Waals surface area (Å²) in [7, 11) is 0. The Morgan fingerprint density at radius 2 is 1.95 bits per heavy atom. The van der Waals surface area contributed by atoms with Crippen LogP contribution in [-0.4, -0.2) is 27.6 Å². The van der Waals surface area contributed by atoms with E-state index in [0.29, 0.717) is 11.5 Å². The molecule has 21 heavy (non-hydrogen) atoms. The number of hydrogen-bond donors (Lipinski definition) is 4. The number of nitrogens with zero attached hydrogens (tertiary/aromatic N) is 1. The maximum Gasteiger partial charge on any atom is 0.257 e. The van der Waals surface area contributed by atoms with Crippen molar-refractivity contribution in [1.29, 1.82) is 0 Å². The minimum absolute atomic E-state index is 0.118. The summed E-state index contributed by atoms with van der Waals surface area (Å²) >= 11 is 0. The average molecular weight is 283 g/mol. The van der Waals surface area contributed by atoms with E-state index in [1.54, 1.807) is 18.2 Å². The van der Waals surface area contributed by atoms with E-state index in [1.165, 1.54) is 12.1 Å². The van der Waals surface area contributed by atoms with Crippen LogP contribution in [0.25, 0.3) is 0 Å². The average Bonchev–Trinajstić information content (AvgIpc) is 2.44. The van der Waals surface area contributed by atoms with Gasteiger partial charge in [0.2, 0.25) is 0 Å². The number of benzene rings is 1. The molecule has 5 N–H and O–H groups in total. The van der Waals surface area contributed by atoms with Gasteiger partial charge < -0.3 is 21.3 Å². The number of phenols is 2. The highest BCUT2D eigenvalue weighted by atomic mass is 16.3. The number of anilines is 1. The van der Waals surface area contributed by atoms with Crippen LogP contribution in [0, 0.1) is 11.8 Å². The molecule has 6 nitrogen and oxygen atoms in total. The first-order valence-electron chi connectivity index (χ1n) is 6.09. The van der Waals surface area contributed by atoms with Crippen molar-refractivity contribution in [3.05, 3.63) is 47.7 Å². The number of amides is 1. The summed E-state index contributed by atoms with van der Waals surface area (Å²) in [6.07, 6.45) is 0. The first-order chi connectivity index (χ1) is 10.1. The van der Waals surface area contributed by atoms with Crippen LogP contribution >= 0.6 is 0 Å². The number of carbonyl (C=O) groups excluding carboxylic acids is 1. The molecule has 0 spiro atoms. The molecule has 2 rings (SSSR count). The summed E-state index contributed by atoms with van der Waals surface area (Å²) in [6.45, 7) is 0.223. The summed E-state index contributed by atoms with van der Waals surface area (Å²) in [5.74, 6) is 4.84. The van der Waals surface area contributed by atoms with Gasteiger partial charge in [0.25, 0.3) is 5.91 Å². The van der Waals surface area contributed by atoms with E-state index in [-0.39, 0.29) is 23.6 Å². The number of phenolic OH excluding ortho intramolecular Hbond substituents is 2. The lowest BCUT2D eigenvalue weighted by atomic mass is 10.2. The Morgan fingerprint density at radius 3 is 2.62 bits per heavy atom. The van der Waals surface area contributed by atoms with Crippen LogP contribution < -0.4 is 11.1 Å². The third kappa shape index (κ3) is 3.96. The Kier molecular flexibility index (Phi) is 4.39. The highest BCUT2D eigenvalue weighted by molar-refractivity contribution is 6.04. The SMILES string of the molecule is NCC#Cc1cccc(NC(=O)c2cc(O)cc(O)c2)n1. The summed E-state index contributed by atoms with van der Waals surface area (Å²) in [6, 6.07) is 8.62. The number of rotatable bonds is 2. The summed E-state index contributed by atoms with van der Waals surface area (Å²) < 4.78 is 0. The van der Waals surface area contributed by atoms with Crippen molar-refractivity contribution in [1.82, 2.24) is 4.98 Å². The van der Waals surface area contributed by atoms with Gasteiger partial charge in [0, 0.05) is 11.6 Å². The predicted octanol–water partition coefficient (Wildman–Crippen LogP) is 1.06. The molecule has 0 unspecified atom stereocenters. The summed E-state index contributed by atoms with van der Waals surface area (Å²) in [5.41, 5.74) is 5.88. The van der Waals surface area contributed by atoms with Gasteiger partial charge in [-0.1, -0.05) is 12.0 Å². The van der Waals surface area contributed by atoms with Gasteiger partial charge in [-0.25, -0.2) is 4.98 Å². The van der Waals surface area contributed by atoms with Gasteiger partial charge in [0.1, 0.15) is 23.0 Å². The molecular formula is C15H13N3O3. The Bertz CT molecular complexity index is 712. The van der Waals surface area contributed by atoms with Gasteiger partial charge in [0.15, 0.2) is 0 Å². The number of nitrogens with two attached hydrogens (primary N) is 1. The van der Waals surface area contributed by atoms with Crippen molar-refractivity contribution in [3.8, 4) is 23.3 Å². The molecular weight excluding hydrogens is 270 g/mol. The third-order valence-corrected chi connectivity index (χ3v) is 2.47. The second-order valence-electron chi connectivity index (χ2n) is 4.11. The van der Waals surface area contributed by atoms with Gasteiger partial charge in [0.05, 0.1) is 6.54 Å². The zero-order valence-electron chi connectivity index (χ0n) is 11.0. The fraction of sp³-hybridized carbons (Fsp3) is 0.0667. The standard InChI is InChI=1S/C15H13N3O3/c16-6-2-4-11-3-1-5-14(17-11)18-15(21)10-7-12(19)9-13(20)8-10/h1,3,5,7-9,19-20H,6,16H2,(H,17,18,21). The molecule has 2 aromatic rings. The minimum Gasteiger partial charge on any atom is -0.508 e. The van der Waals surface area contributed by atoms with E-state index < -0.39 is 5.91 Å². The highest BCUT2D eigenvalue weighted by Crippen LogP contribution is 2.21. The van der Waals surface area contributed by atoms with Crippen molar-refractivity contribution in [3.63, 3.8) is 0 Å². The molecule has 1 heterocycles. The number of hydrogen-bond acceptors (Lipinski definition) is 5. The van der Waals surface area contributed by atoms with Crippen LogP contribution in [0.3, 0.4) is 0 Å². The fourth-order valence-corrected chi connectivity index (χ4v) is 1.63. The molecule has 0 atom stereocenters. The fourth-order valence-electron chi connectivity index (χ4n) is 1.63. The Hall–Kier alpha value is -3.04. The minimum atomic E-state index is -0.502. The maximum atomic E-state index is 12.0. The lowest BCUT2D eigenvalue weighted by Gasteiger charge is -2.06. The van der Waals surface area contributed by atoms with Crippen LogP contribution in [0.2, 0.25) is 0 Å². The van der Waals surface area contributed by atoms with Crippen LogP contribution in [0.5, 0.6) is 11.5 Å². The monoisotopic (exact) mass is 283 g/mol. The topological polar surface area (TPSA) is 108 Å². The molecule has 0 saturated heterocycles. The number of aromatic nitrogens is 1. The molecule has 0 aliphatic carbocycles. The lowest BCUT2D eigenvalue weighted by Crippen LogP contribution is -2.13. The Morgan fingerprint density at radius 1 is 1.24 bits per heavy atom. The molecule has 0 fully saturated rings. The molecule has 0 aliphatic heterocycles. The highest BCUT2D eigenvalue weighted by Gasteiger charge is 2.09.